The van der Waals surface area contributed by atoms with Gasteiger partial charge in [0.25, 0.3) is 0 Å². The zero-order valence-electron chi connectivity index (χ0n) is 54.1. The Morgan fingerprint density at radius 3 is 2.38 bits per heavy atom. The standard InChI is InChI=1S/C77H94N2O9S4/c1-6-51-21-22-52-16-10-17-61-69(42-80)92-91-44-57-35-70(84)77(64-45-90-89-43-55-15-7-8-18-67(55)88-68-34-54(64)24-25-65(68)82,59-36-58(37-60(81)38-59)76(78-4)28-11-14-49(40-76)31-48-13-9-12-47(30-48)20-19-46(2)3)75(86)72(57)73(85)56(32-50-27-29-79-41-50)33-53-23-26-66(83)74(87-5)63(53)39-62(51)71(52)61/h9-10,12-13,16-17,21-27,29-30,34,36-38,41,46,49,55-57,64,67,69-70,72-73,78-85H,6-8,11,14-15,18-20,28,31-33,35,39-40,42-45H2,1-5H3/t49-,55+,56+,57-,64-,67-,69-,70+,72+,73-,76+,77-/m0/s1. The summed E-state index contributed by atoms with van der Waals surface area (Å²) in [5.41, 5.74) is 8.22. The number of phenolic OH excluding ortho intramolecular Hbond substituents is 3. The Hall–Kier alpha value is -5.23. The molecule has 3 fully saturated rings. The molecule has 5 aliphatic rings. The zero-order valence-corrected chi connectivity index (χ0v) is 57.3. The highest BCUT2D eigenvalue weighted by Gasteiger charge is 2.62. The van der Waals surface area contributed by atoms with Crippen LogP contribution in [0.15, 0.2) is 122 Å². The summed E-state index contributed by atoms with van der Waals surface area (Å²) in [6.45, 7) is 6.54. The molecular weight excluding hydrogens is 1230 g/mol. The number of methoxy groups -OCH3 is 1. The highest BCUT2D eigenvalue weighted by molar-refractivity contribution is 8.77. The van der Waals surface area contributed by atoms with Gasteiger partial charge < -0.3 is 50.4 Å². The van der Waals surface area contributed by atoms with Crippen LogP contribution in [0.5, 0.6) is 28.7 Å². The number of aryl methyl sites for hydroxylation is 2. The van der Waals surface area contributed by atoms with Crippen molar-refractivity contribution in [3.05, 3.63) is 183 Å². The molecule has 3 aliphatic carbocycles. The highest BCUT2D eigenvalue weighted by Crippen LogP contribution is 2.58. The van der Waals surface area contributed by atoms with E-state index < -0.39 is 46.8 Å². The average Bonchev–Trinajstić information content (AvgIpc) is 0.970. The van der Waals surface area contributed by atoms with Gasteiger partial charge >= 0.3 is 0 Å². The molecule has 15 heteroatoms. The van der Waals surface area contributed by atoms with E-state index in [2.05, 4.69) is 85.7 Å². The van der Waals surface area contributed by atoms with E-state index in [1.807, 2.05) is 55.8 Å². The Kier molecular flexibility index (Phi) is 21.3. The molecule has 1 aromatic heterocycles. The molecule has 3 heterocycles. The van der Waals surface area contributed by atoms with Crippen LogP contribution in [0.25, 0.3) is 10.8 Å². The highest BCUT2D eigenvalue weighted by atomic mass is 33.1. The third kappa shape index (κ3) is 13.6. The number of aromatic nitrogens is 1. The maximum Gasteiger partial charge on any atom is 0.164 e. The number of nitrogens with one attached hydrogen (secondary N) is 2. The monoisotopic (exact) mass is 1320 g/mol. The summed E-state index contributed by atoms with van der Waals surface area (Å²) in [7, 11) is 10.2. The van der Waals surface area contributed by atoms with Crippen molar-refractivity contribution in [1.82, 2.24) is 10.3 Å². The van der Waals surface area contributed by atoms with Gasteiger partial charge in [0.05, 0.1) is 36.6 Å². The topological polar surface area (TPSA) is 185 Å². The average molecular weight is 1320 g/mol. The molecule has 0 unspecified atom stereocenters. The van der Waals surface area contributed by atoms with E-state index in [4.69, 9.17) is 9.47 Å². The van der Waals surface area contributed by atoms with Gasteiger partial charge in [-0.05, 0) is 217 Å². The summed E-state index contributed by atoms with van der Waals surface area (Å²) in [5, 5.41) is 81.4. The van der Waals surface area contributed by atoms with Crippen molar-refractivity contribution >= 4 is 59.7 Å². The van der Waals surface area contributed by atoms with E-state index in [-0.39, 0.29) is 53.3 Å². The molecule has 12 atom stereocenters. The number of Topliss-reactive ketones (excluding diaryl/α,β-unsaturated/α-hetero) is 1. The summed E-state index contributed by atoms with van der Waals surface area (Å²) >= 11 is 0. The Balaban J connectivity index is 1.04. The van der Waals surface area contributed by atoms with Gasteiger partial charge in [0.2, 0.25) is 0 Å². The summed E-state index contributed by atoms with van der Waals surface area (Å²) in [6.07, 6.45) is 13.8. The minimum absolute atomic E-state index is 0.00229. The Morgan fingerprint density at radius 1 is 0.793 bits per heavy atom. The van der Waals surface area contributed by atoms with Crippen molar-refractivity contribution in [3.8, 4) is 28.7 Å². The number of fused-ring (bicyclic) bond motifs is 5. The Morgan fingerprint density at radius 2 is 1.59 bits per heavy atom. The third-order valence-corrected chi connectivity index (χ3v) is 27.1. The first-order valence-corrected chi connectivity index (χ1v) is 38.7. The van der Waals surface area contributed by atoms with Gasteiger partial charge in [0.15, 0.2) is 28.8 Å². The van der Waals surface area contributed by atoms with Gasteiger partial charge in [0, 0.05) is 64.9 Å². The van der Waals surface area contributed by atoms with E-state index >= 15 is 4.79 Å². The number of benzene rings is 6. The lowest BCUT2D eigenvalue weighted by molar-refractivity contribution is -0.150. The van der Waals surface area contributed by atoms with Crippen LogP contribution in [0.1, 0.15) is 157 Å². The van der Waals surface area contributed by atoms with Crippen LogP contribution in [0.4, 0.5) is 0 Å². The molecule has 3 saturated carbocycles. The van der Waals surface area contributed by atoms with Crippen LogP contribution in [-0.2, 0) is 54.3 Å². The molecule has 0 amide bonds. The molecule has 2 aliphatic heterocycles. The van der Waals surface area contributed by atoms with Crippen LogP contribution < -0.4 is 14.8 Å². The lowest BCUT2D eigenvalue weighted by atomic mass is 9.52. The number of aliphatic hydroxyl groups excluding tert-OH is 3. The molecule has 2 bridgehead atoms. The third-order valence-electron chi connectivity index (χ3n) is 21.8. The summed E-state index contributed by atoms with van der Waals surface area (Å²) in [4.78, 5) is 21.1. The lowest BCUT2D eigenvalue weighted by Crippen LogP contribution is -2.62. The molecule has 92 heavy (non-hydrogen) atoms. The minimum atomic E-state index is -1.77. The second-order valence-electron chi connectivity index (χ2n) is 27.7. The fraction of sp³-hybridized carbons (Fsp3) is 0.494. The first kappa shape index (κ1) is 66.8. The van der Waals surface area contributed by atoms with Gasteiger partial charge in [0.1, 0.15) is 11.9 Å². The van der Waals surface area contributed by atoms with Gasteiger partial charge in [-0.25, -0.2) is 0 Å². The van der Waals surface area contributed by atoms with Crippen LogP contribution >= 0.6 is 43.2 Å². The molecule has 0 radical (unpaired) electrons. The smallest absolute Gasteiger partial charge is 0.164 e. The van der Waals surface area contributed by atoms with Crippen LogP contribution in [0.2, 0.25) is 0 Å². The maximum atomic E-state index is 17.9. The van der Waals surface area contributed by atoms with E-state index in [9.17, 15) is 30.6 Å². The van der Waals surface area contributed by atoms with Gasteiger partial charge in [-0.3, -0.25) is 4.79 Å². The first-order valence-electron chi connectivity index (χ1n) is 33.8. The van der Waals surface area contributed by atoms with E-state index in [0.29, 0.717) is 59.7 Å². The number of phenols is 3. The van der Waals surface area contributed by atoms with Crippen LogP contribution in [0.3, 0.4) is 0 Å². The number of aromatic amines is 1. The van der Waals surface area contributed by atoms with E-state index in [1.54, 1.807) is 68.5 Å². The van der Waals surface area contributed by atoms with E-state index in [0.717, 1.165) is 138 Å². The number of rotatable bonds is 14. The maximum absolute atomic E-state index is 17.9. The quantitative estimate of drug-likeness (QED) is 0.0481. The first-order chi connectivity index (χ1) is 44.6. The molecule has 0 spiro atoms. The number of aromatic hydroxyl groups is 3. The minimum Gasteiger partial charge on any atom is -0.508 e. The predicted octanol–water partition coefficient (Wildman–Crippen LogP) is 15.7. The van der Waals surface area contributed by atoms with Crippen molar-refractivity contribution in [1.29, 1.82) is 0 Å². The number of carbonyl (C=O) groups is 1. The number of ether oxygens (including phenoxy) is 2. The molecule has 8 N–H and O–H groups in total. The molecule has 6 aromatic carbocycles. The van der Waals surface area contributed by atoms with Crippen molar-refractivity contribution in [2.24, 2.45) is 35.5 Å². The normalized spacial score (nSPS) is 28.2. The summed E-state index contributed by atoms with van der Waals surface area (Å²) < 4.78 is 13.1. The number of ketones is 1. The number of carbonyl (C=O) groups excluding carboxylic acids is 1. The molecular formula is C77H94N2O9S4. The van der Waals surface area contributed by atoms with Gasteiger partial charge in [-0.1, -0.05) is 150 Å². The molecule has 12 rings (SSSR count). The summed E-state index contributed by atoms with van der Waals surface area (Å²) in [5.74, 6) is 0.240. The molecule has 0 saturated heterocycles. The van der Waals surface area contributed by atoms with Gasteiger partial charge in [-0.15, -0.1) is 0 Å². The van der Waals surface area contributed by atoms with Crippen molar-refractivity contribution in [2.75, 3.05) is 38.0 Å². The Labute approximate surface area is 560 Å². The number of aliphatic hydroxyl groups is 3. The largest absolute Gasteiger partial charge is 0.508 e. The van der Waals surface area contributed by atoms with E-state index in [1.165, 1.54) is 11.1 Å². The number of hydrogen-bond acceptors (Lipinski definition) is 14. The van der Waals surface area contributed by atoms with Gasteiger partial charge in [-0.2, -0.15) is 0 Å². The fourth-order valence-electron chi connectivity index (χ4n) is 17.0. The van der Waals surface area contributed by atoms with Crippen molar-refractivity contribution < 1.29 is 44.9 Å². The Bertz CT molecular complexity index is 3690. The zero-order chi connectivity index (χ0) is 64.3. The fourth-order valence-corrected chi connectivity index (χ4v) is 22.7. The summed E-state index contributed by atoms with van der Waals surface area (Å²) in [6, 6.07) is 36.5. The second kappa shape index (κ2) is 29.4. The molecule has 7 aromatic rings. The molecule has 11 nitrogen and oxygen atoms in total. The molecule has 490 valence electrons. The van der Waals surface area contributed by atoms with Crippen molar-refractivity contribution in [3.63, 3.8) is 0 Å². The number of H-pyrrole nitrogens is 1. The second-order valence-corrected chi connectivity index (χ2v) is 32.9. The van der Waals surface area contributed by atoms with Crippen LogP contribution in [-0.4, -0.2) is 97.7 Å². The van der Waals surface area contributed by atoms with Crippen molar-refractivity contribution in [2.45, 2.75) is 164 Å². The number of hydrogen-bond donors (Lipinski definition) is 8. The predicted molar refractivity (Wildman–Crippen MR) is 379 cm³/mol. The lowest BCUT2D eigenvalue weighted by Gasteiger charge is -2.53. The SMILES string of the molecule is CCc1ccc2cccc3c2c1Cc1c(ccc(O)c1OC)C[C@@H](Cc1cc[nH]c1)[C@H](O)[C@@H]1C(=O)[C@@](c2cc(O)cc([C@@]4(NC)CCC[C@@H](Cc5cccc(CCC(C)C)c5)C4)c2)([C@H]2CSSC[C@H]4CCCC[C@@H]4Oc4cc2ccc4O)[C@H](O)C[C@H]1CSS[C@H]3CO. The van der Waals surface area contributed by atoms with Crippen LogP contribution in [0, 0.1) is 35.5 Å².